The predicted octanol–water partition coefficient (Wildman–Crippen LogP) is 2.58. The number of nitrogens with zero attached hydrogens (tertiary/aromatic N) is 1. The first-order valence-electron chi connectivity index (χ1n) is 7.26. The molecule has 1 saturated carbocycles. The minimum atomic E-state index is -0.110. The van der Waals surface area contributed by atoms with E-state index in [1.165, 1.54) is 11.8 Å². The highest BCUT2D eigenvalue weighted by atomic mass is 32.2. The summed E-state index contributed by atoms with van der Waals surface area (Å²) in [6, 6.07) is 9.47. The third-order valence-corrected chi connectivity index (χ3v) is 4.82. The van der Waals surface area contributed by atoms with Crippen LogP contribution < -0.4 is 5.32 Å². The maximum absolute atomic E-state index is 12.5. The van der Waals surface area contributed by atoms with Crippen LogP contribution in [0.1, 0.15) is 36.0 Å². The third kappa shape index (κ3) is 4.23. The van der Waals surface area contributed by atoms with Crippen LogP contribution in [-0.2, 0) is 0 Å². The van der Waals surface area contributed by atoms with E-state index in [0.717, 1.165) is 30.6 Å². The lowest BCUT2D eigenvalue weighted by atomic mass is 9.85. The zero-order valence-corrected chi connectivity index (χ0v) is 12.7. The molecule has 2 atom stereocenters. The van der Waals surface area contributed by atoms with Gasteiger partial charge in [0.2, 0.25) is 0 Å². The maximum Gasteiger partial charge on any atom is 0.252 e. The van der Waals surface area contributed by atoms with Crippen molar-refractivity contribution < 1.29 is 9.90 Å². The summed E-state index contributed by atoms with van der Waals surface area (Å²) in [4.78, 5) is 13.3. The quantitative estimate of drug-likeness (QED) is 0.820. The normalized spacial score (nSPS) is 21.5. The summed E-state index contributed by atoms with van der Waals surface area (Å²) in [5.41, 5.74) is 0.611. The van der Waals surface area contributed by atoms with Crippen molar-refractivity contribution in [3.05, 3.63) is 29.8 Å². The van der Waals surface area contributed by atoms with Crippen molar-refractivity contribution in [1.82, 2.24) is 5.32 Å². The summed E-state index contributed by atoms with van der Waals surface area (Å²) in [5, 5.41) is 21.2. The van der Waals surface area contributed by atoms with E-state index in [1.807, 2.05) is 18.2 Å². The van der Waals surface area contributed by atoms with Gasteiger partial charge < -0.3 is 10.4 Å². The van der Waals surface area contributed by atoms with Crippen molar-refractivity contribution in [2.24, 2.45) is 5.92 Å². The topological polar surface area (TPSA) is 73.1 Å². The van der Waals surface area contributed by atoms with Gasteiger partial charge in [-0.2, -0.15) is 5.26 Å². The summed E-state index contributed by atoms with van der Waals surface area (Å²) in [7, 11) is 0. The Hall–Kier alpha value is -1.51. The van der Waals surface area contributed by atoms with Gasteiger partial charge in [-0.15, -0.1) is 11.8 Å². The molecule has 0 aromatic heterocycles. The molecule has 0 bridgehead atoms. The van der Waals surface area contributed by atoms with Crippen molar-refractivity contribution in [3.63, 3.8) is 0 Å². The highest BCUT2D eigenvalue weighted by Crippen LogP contribution is 2.26. The number of rotatable bonds is 5. The van der Waals surface area contributed by atoms with Crippen LogP contribution in [0, 0.1) is 17.2 Å². The molecule has 5 heteroatoms. The molecule has 2 unspecified atom stereocenters. The summed E-state index contributed by atoms with van der Waals surface area (Å²) in [6.45, 7) is 0.121. The number of hydrogen-bond donors (Lipinski definition) is 2. The number of hydrogen-bond acceptors (Lipinski definition) is 4. The monoisotopic (exact) mass is 304 g/mol. The number of amides is 1. The Labute approximate surface area is 129 Å². The van der Waals surface area contributed by atoms with Gasteiger partial charge >= 0.3 is 0 Å². The maximum atomic E-state index is 12.5. The van der Waals surface area contributed by atoms with Crippen LogP contribution in [0.2, 0.25) is 0 Å². The highest BCUT2D eigenvalue weighted by Gasteiger charge is 2.26. The molecule has 2 N–H and O–H groups in total. The molecule has 1 fully saturated rings. The van der Waals surface area contributed by atoms with Gasteiger partial charge in [-0.3, -0.25) is 4.79 Å². The molecule has 1 aromatic carbocycles. The van der Waals surface area contributed by atoms with Crippen molar-refractivity contribution in [2.75, 3.05) is 12.4 Å². The Balaban J connectivity index is 2.07. The van der Waals surface area contributed by atoms with Crippen LogP contribution in [0.5, 0.6) is 0 Å². The second-order valence-electron chi connectivity index (χ2n) is 5.25. The van der Waals surface area contributed by atoms with E-state index in [2.05, 4.69) is 11.4 Å². The summed E-state index contributed by atoms with van der Waals surface area (Å²) in [6.07, 6.45) is 4.09. The van der Waals surface area contributed by atoms with Crippen LogP contribution in [0.25, 0.3) is 0 Å². The number of nitrogens with one attached hydrogen (secondary N) is 1. The van der Waals surface area contributed by atoms with E-state index >= 15 is 0 Å². The van der Waals surface area contributed by atoms with E-state index in [1.54, 1.807) is 6.07 Å². The van der Waals surface area contributed by atoms with Crippen molar-refractivity contribution >= 4 is 17.7 Å². The van der Waals surface area contributed by atoms with Crippen LogP contribution >= 0.6 is 11.8 Å². The first kappa shape index (κ1) is 15.9. The standard InChI is InChI=1S/C16H20N2O2S/c17-9-10-21-15-8-4-2-6-13(15)16(20)18-14-7-3-1-5-12(14)11-19/h2,4,6,8,12,14,19H,1,3,5,7,10-11H2,(H,18,20). The van der Waals surface area contributed by atoms with Gasteiger partial charge in [0.1, 0.15) is 0 Å². The van der Waals surface area contributed by atoms with Gasteiger partial charge in [-0.25, -0.2) is 0 Å². The molecule has 0 radical (unpaired) electrons. The Morgan fingerprint density at radius 2 is 2.14 bits per heavy atom. The lowest BCUT2D eigenvalue weighted by molar-refractivity contribution is 0.0869. The average molecular weight is 304 g/mol. The van der Waals surface area contributed by atoms with Crippen LogP contribution in [-0.4, -0.2) is 29.4 Å². The molecule has 0 heterocycles. The Morgan fingerprint density at radius 1 is 1.38 bits per heavy atom. The summed E-state index contributed by atoms with van der Waals surface area (Å²) in [5.74, 6) is 0.371. The second kappa shape index (κ2) is 8.06. The molecule has 1 aliphatic rings. The molecule has 1 aromatic rings. The van der Waals surface area contributed by atoms with Crippen LogP contribution in [0.4, 0.5) is 0 Å². The fourth-order valence-electron chi connectivity index (χ4n) is 2.75. The predicted molar refractivity (Wildman–Crippen MR) is 83.1 cm³/mol. The largest absolute Gasteiger partial charge is 0.396 e. The minimum absolute atomic E-state index is 0.0465. The summed E-state index contributed by atoms with van der Waals surface area (Å²) >= 11 is 1.37. The second-order valence-corrected chi connectivity index (χ2v) is 6.27. The Kier molecular flexibility index (Phi) is 6.09. The van der Waals surface area contributed by atoms with Crippen molar-refractivity contribution in [1.29, 1.82) is 5.26 Å². The Bertz CT molecular complexity index is 527. The molecule has 0 spiro atoms. The number of carbonyl (C=O) groups excluding carboxylic acids is 1. The first-order valence-corrected chi connectivity index (χ1v) is 8.25. The van der Waals surface area contributed by atoms with Gasteiger partial charge in [0.05, 0.1) is 17.4 Å². The SMILES string of the molecule is N#CCSc1ccccc1C(=O)NC1CCCCC1CO. The van der Waals surface area contributed by atoms with E-state index < -0.39 is 0 Å². The number of benzene rings is 1. The number of aliphatic hydroxyl groups is 1. The van der Waals surface area contributed by atoms with Gasteiger partial charge in [-0.05, 0) is 25.0 Å². The van der Waals surface area contributed by atoms with E-state index in [4.69, 9.17) is 5.26 Å². The van der Waals surface area contributed by atoms with E-state index in [0.29, 0.717) is 11.3 Å². The molecule has 112 valence electrons. The fourth-order valence-corrected chi connectivity index (χ4v) is 3.46. The fraction of sp³-hybridized carbons (Fsp3) is 0.500. The van der Waals surface area contributed by atoms with E-state index in [9.17, 15) is 9.90 Å². The lowest BCUT2D eigenvalue weighted by Crippen LogP contribution is -2.43. The molecular formula is C16H20N2O2S. The number of carbonyl (C=O) groups is 1. The van der Waals surface area contributed by atoms with Crippen molar-refractivity contribution in [3.8, 4) is 6.07 Å². The molecule has 0 saturated heterocycles. The molecule has 0 aliphatic heterocycles. The Morgan fingerprint density at radius 3 is 2.90 bits per heavy atom. The van der Waals surface area contributed by atoms with E-state index in [-0.39, 0.29) is 24.5 Å². The minimum Gasteiger partial charge on any atom is -0.396 e. The smallest absolute Gasteiger partial charge is 0.252 e. The van der Waals surface area contributed by atoms with Crippen LogP contribution in [0.3, 0.4) is 0 Å². The van der Waals surface area contributed by atoms with Gasteiger partial charge in [0, 0.05) is 23.5 Å². The lowest BCUT2D eigenvalue weighted by Gasteiger charge is -2.31. The number of nitriles is 1. The van der Waals surface area contributed by atoms with Crippen LogP contribution in [0.15, 0.2) is 29.2 Å². The average Bonchev–Trinajstić information content (AvgIpc) is 2.53. The number of thioether (sulfide) groups is 1. The molecule has 1 amide bonds. The van der Waals surface area contributed by atoms with Gasteiger partial charge in [0.25, 0.3) is 5.91 Å². The zero-order chi connectivity index (χ0) is 15.1. The molecule has 1 aliphatic carbocycles. The van der Waals surface area contributed by atoms with Gasteiger partial charge in [-0.1, -0.05) is 25.0 Å². The summed E-state index contributed by atoms with van der Waals surface area (Å²) < 4.78 is 0. The third-order valence-electron chi connectivity index (χ3n) is 3.88. The highest BCUT2D eigenvalue weighted by molar-refractivity contribution is 7.99. The molecule has 2 rings (SSSR count). The zero-order valence-electron chi connectivity index (χ0n) is 11.9. The molecule has 4 nitrogen and oxygen atoms in total. The van der Waals surface area contributed by atoms with Gasteiger partial charge in [0.15, 0.2) is 0 Å². The number of aliphatic hydroxyl groups excluding tert-OH is 1. The van der Waals surface area contributed by atoms with Crippen molar-refractivity contribution in [2.45, 2.75) is 36.6 Å². The first-order chi connectivity index (χ1) is 10.3. The molecule has 21 heavy (non-hydrogen) atoms. The molecular weight excluding hydrogens is 284 g/mol.